The zero-order valence-corrected chi connectivity index (χ0v) is 21.7. The number of carbonyl (C=O) groups excluding carboxylic acids is 1. The average Bonchev–Trinajstić information content (AvgIpc) is 3.20. The maximum absolute atomic E-state index is 12.8. The quantitative estimate of drug-likeness (QED) is 0.462. The summed E-state index contributed by atoms with van der Waals surface area (Å²) in [6.07, 6.45) is 7.38. The van der Waals surface area contributed by atoms with Gasteiger partial charge in [-0.15, -0.1) is 0 Å². The van der Waals surface area contributed by atoms with E-state index in [-0.39, 0.29) is 11.9 Å². The van der Waals surface area contributed by atoms with Crippen molar-refractivity contribution in [1.29, 1.82) is 0 Å². The van der Waals surface area contributed by atoms with Crippen LogP contribution in [0.5, 0.6) is 5.75 Å². The van der Waals surface area contributed by atoms with Crippen LogP contribution in [-0.2, 0) is 9.84 Å². The third-order valence-corrected chi connectivity index (χ3v) is 8.38. The molecule has 1 saturated heterocycles. The van der Waals surface area contributed by atoms with Crippen molar-refractivity contribution in [3.8, 4) is 5.75 Å². The van der Waals surface area contributed by atoms with Gasteiger partial charge in [-0.2, -0.15) is 0 Å². The maximum Gasteiger partial charge on any atom is 0.251 e. The summed E-state index contributed by atoms with van der Waals surface area (Å²) in [5, 5.41) is 3.11. The molecule has 7 nitrogen and oxygen atoms in total. The number of benzene rings is 2. The van der Waals surface area contributed by atoms with E-state index in [2.05, 4.69) is 15.2 Å². The first kappa shape index (κ1) is 25.2. The van der Waals surface area contributed by atoms with Crippen LogP contribution >= 0.6 is 0 Å². The predicted molar refractivity (Wildman–Crippen MR) is 143 cm³/mol. The van der Waals surface area contributed by atoms with Gasteiger partial charge in [-0.1, -0.05) is 30.3 Å². The fourth-order valence-electron chi connectivity index (χ4n) is 5.43. The first-order chi connectivity index (χ1) is 17.9. The second kappa shape index (κ2) is 10.9. The van der Waals surface area contributed by atoms with Gasteiger partial charge >= 0.3 is 0 Å². The van der Waals surface area contributed by atoms with Crippen molar-refractivity contribution in [3.63, 3.8) is 0 Å². The van der Waals surface area contributed by atoms with Crippen molar-refractivity contribution in [1.82, 2.24) is 15.2 Å². The Labute approximate surface area is 218 Å². The Morgan fingerprint density at radius 1 is 1.03 bits per heavy atom. The lowest BCUT2D eigenvalue weighted by atomic mass is 9.88. The number of hydrogen-bond acceptors (Lipinski definition) is 6. The van der Waals surface area contributed by atoms with Crippen LogP contribution in [0.2, 0.25) is 0 Å². The molecule has 0 saturated carbocycles. The number of rotatable bonds is 9. The normalized spacial score (nSPS) is 19.6. The van der Waals surface area contributed by atoms with Gasteiger partial charge in [0, 0.05) is 49.4 Å². The number of sulfone groups is 1. The lowest BCUT2D eigenvalue weighted by Crippen LogP contribution is -2.45. The maximum atomic E-state index is 12.8. The molecule has 1 N–H and O–H groups in total. The third-order valence-electron chi connectivity index (χ3n) is 7.25. The fourth-order valence-corrected chi connectivity index (χ4v) is 6.06. The van der Waals surface area contributed by atoms with Gasteiger partial charge in [0.15, 0.2) is 9.84 Å². The van der Waals surface area contributed by atoms with Gasteiger partial charge in [0.25, 0.3) is 5.91 Å². The monoisotopic (exact) mass is 517 g/mol. The van der Waals surface area contributed by atoms with Gasteiger partial charge in [-0.25, -0.2) is 8.42 Å². The summed E-state index contributed by atoms with van der Waals surface area (Å²) in [5.41, 5.74) is 3.96. The van der Waals surface area contributed by atoms with Crippen molar-refractivity contribution in [2.24, 2.45) is 0 Å². The summed E-state index contributed by atoms with van der Waals surface area (Å²) in [7, 11) is -3.27. The summed E-state index contributed by atoms with van der Waals surface area (Å²) >= 11 is 0. The van der Waals surface area contributed by atoms with Crippen LogP contribution in [0.25, 0.3) is 5.57 Å². The molecule has 2 aliphatic heterocycles. The minimum absolute atomic E-state index is 0.138. The van der Waals surface area contributed by atoms with Crippen LogP contribution in [0.4, 0.5) is 0 Å². The van der Waals surface area contributed by atoms with Gasteiger partial charge < -0.3 is 10.1 Å². The van der Waals surface area contributed by atoms with Crippen LogP contribution in [0.3, 0.4) is 0 Å². The van der Waals surface area contributed by atoms with Gasteiger partial charge in [0.1, 0.15) is 12.4 Å². The smallest absolute Gasteiger partial charge is 0.251 e. The van der Waals surface area contributed by atoms with E-state index in [1.165, 1.54) is 17.4 Å². The highest BCUT2D eigenvalue weighted by Gasteiger charge is 2.41. The molecule has 3 heterocycles. The Morgan fingerprint density at radius 2 is 1.76 bits per heavy atom. The van der Waals surface area contributed by atoms with Crippen molar-refractivity contribution in [2.75, 3.05) is 26.0 Å². The minimum atomic E-state index is -3.27. The van der Waals surface area contributed by atoms with Gasteiger partial charge in [0.2, 0.25) is 0 Å². The zero-order valence-electron chi connectivity index (χ0n) is 20.8. The molecule has 2 bridgehead atoms. The minimum Gasteiger partial charge on any atom is -0.492 e. The summed E-state index contributed by atoms with van der Waals surface area (Å²) in [6.45, 7) is 1.82. The molecule has 2 aliphatic rings. The van der Waals surface area contributed by atoms with E-state index in [1.807, 2.05) is 42.5 Å². The molecule has 1 amide bonds. The van der Waals surface area contributed by atoms with E-state index in [1.54, 1.807) is 36.7 Å². The van der Waals surface area contributed by atoms with E-state index in [0.29, 0.717) is 29.7 Å². The molecule has 2 atom stereocenters. The lowest BCUT2D eigenvalue weighted by molar-refractivity contribution is 0.0953. The Bertz CT molecular complexity index is 1370. The van der Waals surface area contributed by atoms with Gasteiger partial charge in [-0.05, 0) is 72.4 Å². The highest BCUT2D eigenvalue weighted by molar-refractivity contribution is 7.90. The van der Waals surface area contributed by atoms with E-state index in [0.717, 1.165) is 37.1 Å². The highest BCUT2D eigenvalue weighted by atomic mass is 32.2. The number of aromatic nitrogens is 1. The van der Waals surface area contributed by atoms with Gasteiger partial charge in [-0.3, -0.25) is 14.7 Å². The second-order valence-corrected chi connectivity index (χ2v) is 11.6. The topological polar surface area (TPSA) is 88.6 Å². The van der Waals surface area contributed by atoms with Crippen LogP contribution in [-0.4, -0.2) is 62.2 Å². The fraction of sp³-hybridized carbons (Fsp3) is 0.310. The Hall–Kier alpha value is -3.49. The molecular formula is C29H31N3O4S. The van der Waals surface area contributed by atoms with Crippen molar-refractivity contribution >= 4 is 21.3 Å². The number of ether oxygens (including phenoxy) is 1. The number of carbonyl (C=O) groups is 1. The molecule has 1 aromatic heterocycles. The number of nitrogens with one attached hydrogen (secondary N) is 1. The van der Waals surface area contributed by atoms with Crippen LogP contribution < -0.4 is 10.1 Å². The van der Waals surface area contributed by atoms with E-state index < -0.39 is 9.84 Å². The Balaban J connectivity index is 1.39. The molecule has 2 aromatic carbocycles. The molecule has 0 spiro atoms. The van der Waals surface area contributed by atoms with Crippen LogP contribution in [0.15, 0.2) is 89.6 Å². The van der Waals surface area contributed by atoms with Crippen LogP contribution in [0, 0.1) is 0 Å². The molecule has 0 radical (unpaired) electrons. The molecular weight excluding hydrogens is 486 g/mol. The number of amides is 1. The van der Waals surface area contributed by atoms with Crippen LogP contribution in [0.1, 0.15) is 35.2 Å². The molecule has 0 aliphatic carbocycles. The molecule has 192 valence electrons. The van der Waals surface area contributed by atoms with E-state index >= 15 is 0 Å². The summed E-state index contributed by atoms with van der Waals surface area (Å²) in [4.78, 5) is 19.6. The molecule has 3 aromatic rings. The average molecular weight is 518 g/mol. The highest BCUT2D eigenvalue weighted by Crippen LogP contribution is 2.42. The lowest BCUT2D eigenvalue weighted by Gasteiger charge is -2.38. The Morgan fingerprint density at radius 3 is 2.46 bits per heavy atom. The largest absolute Gasteiger partial charge is 0.492 e. The van der Waals surface area contributed by atoms with Crippen molar-refractivity contribution in [2.45, 2.75) is 36.2 Å². The molecule has 5 rings (SSSR count). The summed E-state index contributed by atoms with van der Waals surface area (Å²) < 4.78 is 29.9. The zero-order chi connectivity index (χ0) is 25.8. The summed E-state index contributed by atoms with van der Waals surface area (Å²) in [5.74, 6) is 0.722. The van der Waals surface area contributed by atoms with E-state index in [9.17, 15) is 13.2 Å². The van der Waals surface area contributed by atoms with Gasteiger partial charge in [0.05, 0.1) is 4.90 Å². The predicted octanol–water partition coefficient (Wildman–Crippen LogP) is 3.98. The SMILES string of the molecule is CS(=O)(=O)c1ccc(C2=C(CNC(=O)c3ccncc3)[C@H]3CC[C@@H](C2)N3CCOc2ccccc2)cc1. The molecule has 1 fully saturated rings. The number of hydrogen-bond donors (Lipinski definition) is 1. The number of fused-ring (bicyclic) bond motifs is 2. The number of pyridine rings is 1. The molecule has 8 heteroatoms. The third kappa shape index (κ3) is 5.76. The number of nitrogens with zero attached hydrogens (tertiary/aromatic N) is 2. The molecule has 0 unspecified atom stereocenters. The van der Waals surface area contributed by atoms with Crippen molar-refractivity contribution < 1.29 is 17.9 Å². The first-order valence-corrected chi connectivity index (χ1v) is 14.4. The first-order valence-electron chi connectivity index (χ1n) is 12.5. The standard InChI is InChI=1S/C29H31N3O4S/c1-37(34,35)25-10-7-21(8-11-25)26-19-23-9-12-28(32(23)17-18-36-24-5-3-2-4-6-24)27(26)20-31-29(33)22-13-15-30-16-14-22/h2-8,10-11,13-16,23,28H,9,12,17-20H2,1H3,(H,31,33)/t23-,28+/m0/s1. The van der Waals surface area contributed by atoms with Crippen molar-refractivity contribution in [3.05, 3.63) is 95.8 Å². The number of para-hydroxylation sites is 1. The Kier molecular flexibility index (Phi) is 7.39. The second-order valence-electron chi connectivity index (χ2n) is 9.57. The molecule has 37 heavy (non-hydrogen) atoms. The summed E-state index contributed by atoms with van der Waals surface area (Å²) in [6, 6.07) is 20.9. The van der Waals surface area contributed by atoms with E-state index in [4.69, 9.17) is 4.74 Å².